The Kier molecular flexibility index (Phi) is 7.53. The Morgan fingerprint density at radius 1 is 1.10 bits per heavy atom. The molecule has 1 aliphatic rings. The molecule has 5 nitrogen and oxygen atoms in total. The van der Waals surface area contributed by atoms with Crippen LogP contribution in [0.2, 0.25) is 0 Å². The summed E-state index contributed by atoms with van der Waals surface area (Å²) in [5.41, 5.74) is 2.58. The topological polar surface area (TPSA) is 43.0 Å². The summed E-state index contributed by atoms with van der Waals surface area (Å²) >= 11 is 0. The summed E-state index contributed by atoms with van der Waals surface area (Å²) in [4.78, 5) is 2.37. The van der Waals surface area contributed by atoms with Gasteiger partial charge in [-0.3, -0.25) is 0 Å². The van der Waals surface area contributed by atoms with E-state index in [1.807, 2.05) is 0 Å². The number of ether oxygens (including phenoxy) is 3. The Morgan fingerprint density at radius 3 is 2.57 bits per heavy atom. The van der Waals surface area contributed by atoms with Gasteiger partial charge in [-0.2, -0.15) is 0 Å². The van der Waals surface area contributed by atoms with Gasteiger partial charge in [0.1, 0.15) is 0 Å². The molecule has 0 atom stereocenters. The number of methoxy groups -OCH3 is 1. The second kappa shape index (κ2) is 9.73. The summed E-state index contributed by atoms with van der Waals surface area (Å²) in [6, 6.07) is 8.75. The van der Waals surface area contributed by atoms with Gasteiger partial charge < -0.3 is 24.4 Å². The summed E-state index contributed by atoms with van der Waals surface area (Å²) in [5.74, 6) is 0. The Bertz CT molecular complexity index is 378. The molecule has 118 valence electrons. The molecule has 1 aromatic rings. The van der Waals surface area contributed by atoms with Crippen molar-refractivity contribution in [3.8, 4) is 0 Å². The van der Waals surface area contributed by atoms with Gasteiger partial charge in [0.25, 0.3) is 0 Å². The fourth-order valence-corrected chi connectivity index (χ4v) is 2.27. The summed E-state index contributed by atoms with van der Waals surface area (Å²) < 4.78 is 15.7. The zero-order valence-electron chi connectivity index (χ0n) is 12.8. The van der Waals surface area contributed by atoms with E-state index in [1.54, 1.807) is 7.11 Å². The molecule has 0 spiro atoms. The third-order valence-electron chi connectivity index (χ3n) is 3.50. The first-order valence-corrected chi connectivity index (χ1v) is 7.59. The summed E-state index contributed by atoms with van der Waals surface area (Å²) in [7, 11) is 1.68. The fraction of sp³-hybridized carbons (Fsp3) is 0.625. The van der Waals surface area contributed by atoms with Gasteiger partial charge >= 0.3 is 0 Å². The number of benzene rings is 1. The molecule has 1 aliphatic heterocycles. The zero-order chi connectivity index (χ0) is 14.8. The molecule has 0 unspecified atom stereocenters. The molecule has 5 heteroatoms. The van der Waals surface area contributed by atoms with E-state index in [-0.39, 0.29) is 0 Å². The average Bonchev–Trinajstić information content (AvgIpc) is 2.55. The van der Waals surface area contributed by atoms with Gasteiger partial charge in [-0.25, -0.2) is 0 Å². The van der Waals surface area contributed by atoms with Crippen molar-refractivity contribution >= 4 is 5.69 Å². The third kappa shape index (κ3) is 6.01. The van der Waals surface area contributed by atoms with Crippen LogP contribution < -0.4 is 10.2 Å². The second-order valence-electron chi connectivity index (χ2n) is 5.05. The van der Waals surface area contributed by atoms with Crippen LogP contribution in [0, 0.1) is 0 Å². The van der Waals surface area contributed by atoms with Crippen LogP contribution >= 0.6 is 0 Å². The molecule has 0 amide bonds. The monoisotopic (exact) mass is 294 g/mol. The van der Waals surface area contributed by atoms with Crippen molar-refractivity contribution in [2.45, 2.75) is 6.54 Å². The molecule has 2 rings (SSSR count). The minimum Gasteiger partial charge on any atom is -0.382 e. The van der Waals surface area contributed by atoms with Crippen LogP contribution in [0.3, 0.4) is 0 Å². The van der Waals surface area contributed by atoms with Crippen molar-refractivity contribution in [3.05, 3.63) is 29.8 Å². The molecule has 21 heavy (non-hydrogen) atoms. The summed E-state index contributed by atoms with van der Waals surface area (Å²) in [5, 5.41) is 3.38. The second-order valence-corrected chi connectivity index (χ2v) is 5.05. The molecular formula is C16H26N2O3. The molecule has 1 saturated heterocycles. The maximum Gasteiger partial charge on any atom is 0.0700 e. The fourth-order valence-electron chi connectivity index (χ4n) is 2.27. The highest BCUT2D eigenvalue weighted by Gasteiger charge is 2.10. The van der Waals surface area contributed by atoms with Crippen LogP contribution in [0.15, 0.2) is 24.3 Å². The van der Waals surface area contributed by atoms with Crippen molar-refractivity contribution in [2.24, 2.45) is 0 Å². The average molecular weight is 294 g/mol. The molecule has 1 aromatic carbocycles. The van der Waals surface area contributed by atoms with E-state index in [2.05, 4.69) is 34.5 Å². The Balaban J connectivity index is 1.63. The maximum atomic E-state index is 5.40. The van der Waals surface area contributed by atoms with E-state index in [0.29, 0.717) is 13.2 Å². The third-order valence-corrected chi connectivity index (χ3v) is 3.50. The summed E-state index contributed by atoms with van der Waals surface area (Å²) in [6.07, 6.45) is 0. The molecule has 1 heterocycles. The molecule has 0 saturated carbocycles. The number of hydrogen-bond acceptors (Lipinski definition) is 5. The molecule has 0 aromatic heterocycles. The van der Waals surface area contributed by atoms with Crippen molar-refractivity contribution in [3.63, 3.8) is 0 Å². The molecule has 1 fully saturated rings. The number of nitrogens with one attached hydrogen (secondary N) is 1. The molecule has 0 bridgehead atoms. The van der Waals surface area contributed by atoms with Crippen molar-refractivity contribution < 1.29 is 14.2 Å². The smallest absolute Gasteiger partial charge is 0.0700 e. The Morgan fingerprint density at radius 2 is 1.86 bits per heavy atom. The highest BCUT2D eigenvalue weighted by molar-refractivity contribution is 5.47. The predicted molar refractivity (Wildman–Crippen MR) is 83.9 cm³/mol. The number of anilines is 1. The van der Waals surface area contributed by atoms with E-state index < -0.39 is 0 Å². The van der Waals surface area contributed by atoms with Crippen molar-refractivity contribution in [1.29, 1.82) is 0 Å². The Labute approximate surface area is 127 Å². The normalized spacial score (nSPS) is 15.4. The minimum absolute atomic E-state index is 0.656. The lowest BCUT2D eigenvalue weighted by Crippen LogP contribution is -2.36. The molecule has 0 aliphatic carbocycles. The molecule has 1 N–H and O–H groups in total. The van der Waals surface area contributed by atoms with Gasteiger partial charge in [0, 0.05) is 39.0 Å². The number of nitrogens with zero attached hydrogens (tertiary/aromatic N) is 1. The van der Waals surface area contributed by atoms with E-state index in [9.17, 15) is 0 Å². The number of hydrogen-bond donors (Lipinski definition) is 1. The SMILES string of the molecule is COCCOCCNCc1ccc(N2CCOCC2)cc1. The lowest BCUT2D eigenvalue weighted by atomic mass is 10.2. The van der Waals surface area contributed by atoms with E-state index in [0.717, 1.165) is 46.0 Å². The predicted octanol–water partition coefficient (Wildman–Crippen LogP) is 1.28. The lowest BCUT2D eigenvalue weighted by Gasteiger charge is -2.28. The quantitative estimate of drug-likeness (QED) is 0.695. The van der Waals surface area contributed by atoms with Crippen LogP contribution in [-0.2, 0) is 20.8 Å². The van der Waals surface area contributed by atoms with E-state index in [4.69, 9.17) is 14.2 Å². The van der Waals surface area contributed by atoms with Gasteiger partial charge in [-0.05, 0) is 17.7 Å². The lowest BCUT2D eigenvalue weighted by molar-refractivity contribution is 0.0719. The minimum atomic E-state index is 0.656. The first-order valence-electron chi connectivity index (χ1n) is 7.59. The van der Waals surface area contributed by atoms with Gasteiger partial charge in [0.15, 0.2) is 0 Å². The number of morpholine rings is 1. The standard InChI is InChI=1S/C16H26N2O3/c1-19-12-13-20-9-6-17-14-15-2-4-16(5-3-15)18-7-10-21-11-8-18/h2-5,17H,6-14H2,1H3. The van der Waals surface area contributed by atoms with Gasteiger partial charge in [0.05, 0.1) is 33.0 Å². The first kappa shape index (κ1) is 16.2. The molecular weight excluding hydrogens is 268 g/mol. The molecule has 0 radical (unpaired) electrons. The zero-order valence-corrected chi connectivity index (χ0v) is 12.8. The highest BCUT2D eigenvalue weighted by atomic mass is 16.5. The van der Waals surface area contributed by atoms with Gasteiger partial charge in [-0.15, -0.1) is 0 Å². The van der Waals surface area contributed by atoms with Crippen LogP contribution in [-0.4, -0.2) is 59.8 Å². The summed E-state index contributed by atoms with van der Waals surface area (Å²) in [6.45, 7) is 7.38. The van der Waals surface area contributed by atoms with Crippen LogP contribution in [0.4, 0.5) is 5.69 Å². The van der Waals surface area contributed by atoms with Crippen molar-refractivity contribution in [2.75, 3.05) is 64.7 Å². The van der Waals surface area contributed by atoms with E-state index >= 15 is 0 Å². The highest BCUT2D eigenvalue weighted by Crippen LogP contribution is 2.16. The van der Waals surface area contributed by atoms with Crippen molar-refractivity contribution in [1.82, 2.24) is 5.32 Å². The Hall–Kier alpha value is -1.14. The van der Waals surface area contributed by atoms with Gasteiger partial charge in [-0.1, -0.05) is 12.1 Å². The van der Waals surface area contributed by atoms with Crippen LogP contribution in [0.25, 0.3) is 0 Å². The first-order chi connectivity index (χ1) is 10.4. The van der Waals surface area contributed by atoms with Crippen LogP contribution in [0.1, 0.15) is 5.56 Å². The number of rotatable bonds is 9. The largest absolute Gasteiger partial charge is 0.382 e. The van der Waals surface area contributed by atoms with Crippen LogP contribution in [0.5, 0.6) is 0 Å². The van der Waals surface area contributed by atoms with Gasteiger partial charge in [0.2, 0.25) is 0 Å². The van der Waals surface area contributed by atoms with E-state index in [1.165, 1.54) is 11.3 Å². The maximum absolute atomic E-state index is 5.40.